The molecule has 22 heavy (non-hydrogen) atoms. The summed E-state index contributed by atoms with van der Waals surface area (Å²) in [7, 11) is 0. The van der Waals surface area contributed by atoms with E-state index in [0.717, 1.165) is 23.5 Å². The van der Waals surface area contributed by atoms with Crippen molar-refractivity contribution in [1.82, 2.24) is 14.3 Å². The average Bonchev–Trinajstić information content (AvgIpc) is 3.01. The number of anilines is 1. The van der Waals surface area contributed by atoms with Crippen molar-refractivity contribution >= 4 is 16.7 Å². The van der Waals surface area contributed by atoms with Gasteiger partial charge in [0, 0.05) is 24.2 Å². The van der Waals surface area contributed by atoms with Crippen LogP contribution in [0.3, 0.4) is 0 Å². The Bertz CT molecular complexity index is 745. The Kier molecular flexibility index (Phi) is 4.39. The van der Waals surface area contributed by atoms with Crippen LogP contribution in [0.2, 0.25) is 0 Å². The maximum absolute atomic E-state index is 13.6. The van der Waals surface area contributed by atoms with Crippen molar-refractivity contribution in [3.63, 3.8) is 0 Å². The first-order chi connectivity index (χ1) is 10.8. The number of hydrogen-bond acceptors (Lipinski definition) is 5. The Hall–Kier alpha value is -2.34. The van der Waals surface area contributed by atoms with Crippen LogP contribution in [-0.2, 0) is 6.42 Å². The number of hydrogen-bond donors (Lipinski definition) is 1. The Balaban J connectivity index is 1.96. The number of nitrogens with zero attached hydrogens (tertiary/aromatic N) is 3. The molecule has 0 saturated carbocycles. The fourth-order valence-corrected chi connectivity index (χ4v) is 2.82. The molecule has 3 aromatic rings. The zero-order valence-corrected chi connectivity index (χ0v) is 12.8. The highest BCUT2D eigenvalue weighted by molar-refractivity contribution is 7.09. The summed E-state index contributed by atoms with van der Waals surface area (Å²) in [5, 5.41) is 4.01. The normalized spacial score (nSPS) is 12.1. The Morgan fingerprint density at radius 2 is 2.14 bits per heavy atom. The monoisotopic (exact) mass is 314 g/mol. The molecule has 2 heterocycles. The van der Waals surface area contributed by atoms with Crippen LogP contribution in [0.15, 0.2) is 48.7 Å². The van der Waals surface area contributed by atoms with E-state index >= 15 is 0 Å². The number of nitrogens with one attached hydrogen (secondary N) is 1. The second-order valence-corrected chi connectivity index (χ2v) is 5.51. The van der Waals surface area contributed by atoms with Crippen LogP contribution in [0.25, 0.3) is 0 Å². The van der Waals surface area contributed by atoms with E-state index in [4.69, 9.17) is 0 Å². The third kappa shape index (κ3) is 3.28. The van der Waals surface area contributed by atoms with E-state index in [1.54, 1.807) is 12.3 Å². The van der Waals surface area contributed by atoms with Gasteiger partial charge in [0.25, 0.3) is 0 Å². The standard InChI is InChI=1S/C16H15FN4S/c1-2-14-19-16(22-21-14)20-15(13-8-3-4-9-18-13)11-6-5-7-12(17)10-11/h3-10,15H,2H2,1H3,(H,19,20,21). The SMILES string of the molecule is CCc1nsc(NC(c2cccc(F)c2)c2ccccn2)n1. The Morgan fingerprint density at radius 1 is 1.23 bits per heavy atom. The molecule has 2 aromatic heterocycles. The van der Waals surface area contributed by atoms with Gasteiger partial charge in [0.1, 0.15) is 11.6 Å². The summed E-state index contributed by atoms with van der Waals surface area (Å²) in [5.41, 5.74) is 1.60. The first-order valence-corrected chi connectivity index (χ1v) is 7.79. The lowest BCUT2D eigenvalue weighted by Crippen LogP contribution is -2.14. The molecule has 1 N–H and O–H groups in total. The number of pyridine rings is 1. The predicted molar refractivity (Wildman–Crippen MR) is 85.4 cm³/mol. The smallest absolute Gasteiger partial charge is 0.203 e. The highest BCUT2D eigenvalue weighted by Gasteiger charge is 2.17. The fourth-order valence-electron chi connectivity index (χ4n) is 2.14. The van der Waals surface area contributed by atoms with Crippen molar-refractivity contribution in [2.75, 3.05) is 5.32 Å². The summed E-state index contributed by atoms with van der Waals surface area (Å²) in [6.07, 6.45) is 2.51. The van der Waals surface area contributed by atoms with Gasteiger partial charge in [0.15, 0.2) is 0 Å². The molecule has 6 heteroatoms. The fraction of sp³-hybridized carbons (Fsp3) is 0.188. The van der Waals surface area contributed by atoms with Gasteiger partial charge in [-0.3, -0.25) is 4.98 Å². The average molecular weight is 314 g/mol. The van der Waals surface area contributed by atoms with Gasteiger partial charge in [-0.1, -0.05) is 25.1 Å². The van der Waals surface area contributed by atoms with E-state index in [1.165, 1.54) is 23.7 Å². The molecule has 0 fully saturated rings. The molecule has 0 aliphatic carbocycles. The lowest BCUT2D eigenvalue weighted by molar-refractivity contribution is 0.624. The van der Waals surface area contributed by atoms with Crippen molar-refractivity contribution in [3.8, 4) is 0 Å². The van der Waals surface area contributed by atoms with Crippen molar-refractivity contribution in [2.45, 2.75) is 19.4 Å². The minimum Gasteiger partial charge on any atom is -0.348 e. The van der Waals surface area contributed by atoms with Crippen LogP contribution >= 0.6 is 11.5 Å². The summed E-state index contributed by atoms with van der Waals surface area (Å²) in [6, 6.07) is 11.9. The lowest BCUT2D eigenvalue weighted by atomic mass is 10.0. The van der Waals surface area contributed by atoms with Gasteiger partial charge >= 0.3 is 0 Å². The first kappa shape index (κ1) is 14.6. The molecule has 1 unspecified atom stereocenters. The van der Waals surface area contributed by atoms with Crippen molar-refractivity contribution in [1.29, 1.82) is 0 Å². The van der Waals surface area contributed by atoms with E-state index in [0.29, 0.717) is 5.13 Å². The molecule has 0 aliphatic heterocycles. The predicted octanol–water partition coefficient (Wildman–Crippen LogP) is 3.84. The molecule has 0 saturated heterocycles. The second-order valence-electron chi connectivity index (χ2n) is 4.76. The molecule has 0 amide bonds. The van der Waals surface area contributed by atoms with Crippen LogP contribution < -0.4 is 5.32 Å². The van der Waals surface area contributed by atoms with Gasteiger partial charge in [-0.2, -0.15) is 4.37 Å². The number of rotatable bonds is 5. The lowest BCUT2D eigenvalue weighted by Gasteiger charge is -2.18. The minimum absolute atomic E-state index is 0.269. The van der Waals surface area contributed by atoms with E-state index in [-0.39, 0.29) is 11.9 Å². The van der Waals surface area contributed by atoms with Crippen molar-refractivity contribution < 1.29 is 4.39 Å². The zero-order valence-electron chi connectivity index (χ0n) is 12.0. The minimum atomic E-state index is -0.272. The molecule has 1 aromatic carbocycles. The number of halogens is 1. The van der Waals surface area contributed by atoms with Crippen LogP contribution in [0, 0.1) is 5.82 Å². The molecule has 3 rings (SSSR count). The topological polar surface area (TPSA) is 50.7 Å². The summed E-state index contributed by atoms with van der Waals surface area (Å²) >= 11 is 1.30. The molecule has 1 atom stereocenters. The number of aryl methyl sites for hydroxylation is 1. The van der Waals surface area contributed by atoms with E-state index in [1.807, 2.05) is 31.2 Å². The zero-order chi connectivity index (χ0) is 15.4. The van der Waals surface area contributed by atoms with E-state index < -0.39 is 0 Å². The van der Waals surface area contributed by atoms with E-state index in [9.17, 15) is 4.39 Å². The maximum Gasteiger partial charge on any atom is 0.203 e. The van der Waals surface area contributed by atoms with Gasteiger partial charge in [0.05, 0.1) is 11.7 Å². The summed E-state index contributed by atoms with van der Waals surface area (Å²) < 4.78 is 17.8. The highest BCUT2D eigenvalue weighted by atomic mass is 32.1. The molecular formula is C16H15FN4S. The van der Waals surface area contributed by atoms with Gasteiger partial charge in [-0.05, 0) is 29.8 Å². The second kappa shape index (κ2) is 6.62. The number of benzene rings is 1. The Labute approximate surface area is 132 Å². The quantitative estimate of drug-likeness (QED) is 0.777. The highest BCUT2D eigenvalue weighted by Crippen LogP contribution is 2.26. The Morgan fingerprint density at radius 3 is 2.82 bits per heavy atom. The molecule has 0 bridgehead atoms. The van der Waals surface area contributed by atoms with Crippen LogP contribution in [0.5, 0.6) is 0 Å². The molecule has 0 spiro atoms. The molecule has 4 nitrogen and oxygen atoms in total. The van der Waals surface area contributed by atoms with Gasteiger partial charge < -0.3 is 5.32 Å². The van der Waals surface area contributed by atoms with Crippen molar-refractivity contribution in [3.05, 3.63) is 71.6 Å². The molecule has 112 valence electrons. The summed E-state index contributed by atoms with van der Waals surface area (Å²) in [6.45, 7) is 2.01. The summed E-state index contributed by atoms with van der Waals surface area (Å²) in [5.74, 6) is 0.526. The number of aromatic nitrogens is 3. The first-order valence-electron chi connectivity index (χ1n) is 7.02. The largest absolute Gasteiger partial charge is 0.348 e. The molecular weight excluding hydrogens is 299 g/mol. The third-order valence-electron chi connectivity index (χ3n) is 3.22. The molecule has 0 radical (unpaired) electrons. The third-order valence-corrected chi connectivity index (χ3v) is 3.90. The van der Waals surface area contributed by atoms with Crippen LogP contribution in [0.4, 0.5) is 9.52 Å². The van der Waals surface area contributed by atoms with Crippen molar-refractivity contribution in [2.24, 2.45) is 0 Å². The maximum atomic E-state index is 13.6. The van der Waals surface area contributed by atoms with Gasteiger partial charge in [-0.25, -0.2) is 9.37 Å². The van der Waals surface area contributed by atoms with Crippen LogP contribution in [-0.4, -0.2) is 14.3 Å². The van der Waals surface area contributed by atoms with Gasteiger partial charge in [-0.15, -0.1) is 0 Å². The molecule has 0 aliphatic rings. The van der Waals surface area contributed by atoms with E-state index in [2.05, 4.69) is 19.7 Å². The summed E-state index contributed by atoms with van der Waals surface area (Å²) in [4.78, 5) is 8.80. The van der Waals surface area contributed by atoms with Gasteiger partial charge in [0.2, 0.25) is 5.13 Å². The van der Waals surface area contributed by atoms with Crippen LogP contribution in [0.1, 0.15) is 30.0 Å².